The van der Waals surface area contributed by atoms with Crippen LogP contribution in [0.15, 0.2) is 5.16 Å². The number of amides is 1. The summed E-state index contributed by atoms with van der Waals surface area (Å²) >= 11 is 0. The van der Waals surface area contributed by atoms with E-state index in [1.54, 1.807) is 0 Å². The predicted octanol–water partition coefficient (Wildman–Crippen LogP) is 1.61. The van der Waals surface area contributed by atoms with Gasteiger partial charge in [0.25, 0.3) is 0 Å². The average molecular weight is 285 g/mol. The van der Waals surface area contributed by atoms with Gasteiger partial charge in [-0.2, -0.15) is 0 Å². The molecule has 0 spiro atoms. The molecule has 6 heteroatoms. The molecule has 0 aromatic rings. The fourth-order valence-corrected chi connectivity index (χ4v) is 2.84. The van der Waals surface area contributed by atoms with Gasteiger partial charge in [-0.25, -0.2) is 0 Å². The largest absolute Gasteiger partial charge is 0.409 e. The molecular formula is C14H27N3O3. The molecule has 1 heterocycles. The Morgan fingerprint density at radius 1 is 1.35 bits per heavy atom. The molecule has 1 aliphatic heterocycles. The topological polar surface area (TPSA) is 96.9 Å². The lowest BCUT2D eigenvalue weighted by Crippen LogP contribution is -2.53. The molecule has 0 atom stereocenters. The van der Waals surface area contributed by atoms with Crippen LogP contribution in [-0.2, 0) is 9.53 Å². The lowest BCUT2D eigenvalue weighted by Gasteiger charge is -2.33. The van der Waals surface area contributed by atoms with Crippen molar-refractivity contribution in [3.8, 4) is 0 Å². The first-order valence-electron chi connectivity index (χ1n) is 7.47. The molecule has 4 N–H and O–H groups in total. The molecule has 1 saturated heterocycles. The van der Waals surface area contributed by atoms with Crippen LogP contribution in [0.5, 0.6) is 0 Å². The molecule has 0 aromatic heterocycles. The molecule has 0 aromatic carbocycles. The molecule has 1 fully saturated rings. The number of carbonyl (C=O) groups excluding carboxylic acids is 1. The predicted molar refractivity (Wildman–Crippen MR) is 77.6 cm³/mol. The van der Waals surface area contributed by atoms with E-state index in [-0.39, 0.29) is 17.8 Å². The van der Waals surface area contributed by atoms with Gasteiger partial charge in [0.15, 0.2) is 5.84 Å². The summed E-state index contributed by atoms with van der Waals surface area (Å²) in [5.74, 6) is -0.103. The second-order valence-corrected chi connectivity index (χ2v) is 5.43. The van der Waals surface area contributed by atoms with Crippen molar-refractivity contribution in [2.24, 2.45) is 16.3 Å². The van der Waals surface area contributed by atoms with Crippen LogP contribution in [0.2, 0.25) is 0 Å². The van der Waals surface area contributed by atoms with Crippen molar-refractivity contribution < 1.29 is 14.7 Å². The van der Waals surface area contributed by atoms with Crippen LogP contribution < -0.4 is 11.1 Å². The summed E-state index contributed by atoms with van der Waals surface area (Å²) in [6, 6.07) is 0.121. The minimum Gasteiger partial charge on any atom is -0.409 e. The van der Waals surface area contributed by atoms with Crippen molar-refractivity contribution in [3.05, 3.63) is 0 Å². The van der Waals surface area contributed by atoms with E-state index in [0.717, 1.165) is 25.7 Å². The van der Waals surface area contributed by atoms with E-state index in [4.69, 9.17) is 15.7 Å². The second kappa shape index (κ2) is 8.09. The Morgan fingerprint density at radius 2 is 1.90 bits per heavy atom. The number of oxime groups is 1. The monoisotopic (exact) mass is 285 g/mol. The minimum atomic E-state index is -0.892. The lowest BCUT2D eigenvalue weighted by molar-refractivity contribution is -0.129. The van der Waals surface area contributed by atoms with E-state index in [1.165, 1.54) is 0 Å². The normalized spacial score (nSPS) is 18.0. The Hall–Kier alpha value is -1.30. The highest BCUT2D eigenvalue weighted by Gasteiger charge is 2.42. The average Bonchev–Trinajstić information content (AvgIpc) is 2.47. The van der Waals surface area contributed by atoms with Gasteiger partial charge in [0.05, 0.1) is 0 Å². The molecule has 1 aliphatic rings. The number of nitrogens with two attached hydrogens (primary N) is 1. The Morgan fingerprint density at radius 3 is 2.35 bits per heavy atom. The van der Waals surface area contributed by atoms with E-state index >= 15 is 0 Å². The van der Waals surface area contributed by atoms with Crippen LogP contribution in [0, 0.1) is 5.41 Å². The Kier molecular flexibility index (Phi) is 6.78. The van der Waals surface area contributed by atoms with Gasteiger partial charge in [-0.15, -0.1) is 0 Å². The number of nitrogens with one attached hydrogen (secondary N) is 1. The molecule has 0 radical (unpaired) electrons. The van der Waals surface area contributed by atoms with E-state index in [0.29, 0.717) is 26.1 Å². The van der Waals surface area contributed by atoms with Crippen molar-refractivity contribution in [2.75, 3.05) is 13.2 Å². The van der Waals surface area contributed by atoms with E-state index < -0.39 is 5.41 Å². The summed E-state index contributed by atoms with van der Waals surface area (Å²) < 4.78 is 5.29. The molecule has 0 aliphatic carbocycles. The fourth-order valence-electron chi connectivity index (χ4n) is 2.84. The zero-order valence-electron chi connectivity index (χ0n) is 12.5. The van der Waals surface area contributed by atoms with Crippen LogP contribution >= 0.6 is 0 Å². The van der Waals surface area contributed by atoms with E-state index in [2.05, 4.69) is 10.5 Å². The number of hydrogen-bond donors (Lipinski definition) is 3. The maximum atomic E-state index is 12.7. The summed E-state index contributed by atoms with van der Waals surface area (Å²) in [6.07, 6.45) is 4.42. The number of hydrogen-bond acceptors (Lipinski definition) is 4. The van der Waals surface area contributed by atoms with Crippen LogP contribution in [0.1, 0.15) is 52.4 Å². The van der Waals surface area contributed by atoms with Gasteiger partial charge in [0.2, 0.25) is 5.91 Å². The molecule has 0 unspecified atom stereocenters. The third kappa shape index (κ3) is 3.85. The van der Waals surface area contributed by atoms with Gasteiger partial charge < -0.3 is 21.0 Å². The Bertz CT molecular complexity index is 333. The Balaban J connectivity index is 2.86. The molecule has 0 saturated carbocycles. The third-order valence-electron chi connectivity index (χ3n) is 3.94. The first kappa shape index (κ1) is 16.8. The van der Waals surface area contributed by atoms with Crippen LogP contribution in [0.4, 0.5) is 0 Å². The van der Waals surface area contributed by atoms with E-state index in [9.17, 15) is 4.79 Å². The number of carbonyl (C=O) groups is 1. The number of ether oxygens (including phenoxy) is 1. The minimum absolute atomic E-state index is 0.0192. The smallest absolute Gasteiger partial charge is 0.234 e. The third-order valence-corrected chi connectivity index (χ3v) is 3.94. The van der Waals surface area contributed by atoms with Crippen molar-refractivity contribution in [1.82, 2.24) is 5.32 Å². The molecule has 1 rings (SSSR count). The van der Waals surface area contributed by atoms with Gasteiger partial charge in [0, 0.05) is 19.3 Å². The van der Waals surface area contributed by atoms with Crippen LogP contribution in [-0.4, -0.2) is 36.2 Å². The molecule has 116 valence electrons. The highest BCUT2D eigenvalue weighted by atomic mass is 16.5. The van der Waals surface area contributed by atoms with Gasteiger partial charge >= 0.3 is 0 Å². The zero-order chi connectivity index (χ0) is 15.0. The summed E-state index contributed by atoms with van der Waals surface area (Å²) in [5, 5.41) is 15.2. The number of rotatable bonds is 7. The lowest BCUT2D eigenvalue weighted by atomic mass is 9.77. The van der Waals surface area contributed by atoms with Crippen molar-refractivity contribution in [3.63, 3.8) is 0 Å². The maximum Gasteiger partial charge on any atom is 0.234 e. The quantitative estimate of drug-likeness (QED) is 0.286. The van der Waals surface area contributed by atoms with E-state index in [1.807, 2.05) is 13.8 Å². The molecule has 0 bridgehead atoms. The SMILES string of the molecule is CCCC(CCC)(C(=O)NC1CCOCC1)C(N)=NO. The maximum absolute atomic E-state index is 12.7. The summed E-state index contributed by atoms with van der Waals surface area (Å²) in [4.78, 5) is 12.7. The van der Waals surface area contributed by atoms with Crippen LogP contribution in [0.25, 0.3) is 0 Å². The first-order chi connectivity index (χ1) is 9.60. The number of amidine groups is 1. The molecular weight excluding hydrogens is 258 g/mol. The first-order valence-corrected chi connectivity index (χ1v) is 7.47. The van der Waals surface area contributed by atoms with Gasteiger partial charge in [-0.3, -0.25) is 4.79 Å². The van der Waals surface area contributed by atoms with Crippen LogP contribution in [0.3, 0.4) is 0 Å². The van der Waals surface area contributed by atoms with Crippen molar-refractivity contribution in [2.45, 2.75) is 58.4 Å². The Labute approximate surface area is 120 Å². The number of nitrogens with zero attached hydrogens (tertiary/aromatic N) is 1. The molecule has 20 heavy (non-hydrogen) atoms. The fraction of sp³-hybridized carbons (Fsp3) is 0.857. The van der Waals surface area contributed by atoms with Gasteiger partial charge in [-0.1, -0.05) is 31.8 Å². The molecule has 1 amide bonds. The highest BCUT2D eigenvalue weighted by Crippen LogP contribution is 2.31. The standard InChI is InChI=1S/C14H27N3O3/c1-3-7-14(8-4-2,12(15)17-19)13(18)16-11-5-9-20-10-6-11/h11,19H,3-10H2,1-2H3,(H2,15,17)(H,16,18). The van der Waals surface area contributed by atoms with Crippen molar-refractivity contribution in [1.29, 1.82) is 0 Å². The van der Waals surface area contributed by atoms with Gasteiger partial charge in [-0.05, 0) is 25.7 Å². The highest BCUT2D eigenvalue weighted by molar-refractivity contribution is 6.06. The zero-order valence-corrected chi connectivity index (χ0v) is 12.5. The second-order valence-electron chi connectivity index (χ2n) is 5.43. The van der Waals surface area contributed by atoms with Gasteiger partial charge in [0.1, 0.15) is 5.41 Å². The van der Waals surface area contributed by atoms with Crippen molar-refractivity contribution >= 4 is 11.7 Å². The summed E-state index contributed by atoms with van der Waals surface area (Å²) in [7, 11) is 0. The molecule has 6 nitrogen and oxygen atoms in total. The summed E-state index contributed by atoms with van der Waals surface area (Å²) in [6.45, 7) is 5.33. The summed E-state index contributed by atoms with van der Waals surface area (Å²) in [5.41, 5.74) is 4.95.